The fourth-order valence-corrected chi connectivity index (χ4v) is 3.03. The number of hydrogen-bond acceptors (Lipinski definition) is 2. The number of benzene rings is 2. The molecule has 0 radical (unpaired) electrons. The molecule has 112 valence electrons. The molecule has 0 saturated carbocycles. The monoisotopic (exact) mass is 322 g/mol. The number of carboxylic acids is 1. The van der Waals surface area contributed by atoms with Crippen LogP contribution in [0.4, 0.5) is 0 Å². The highest BCUT2D eigenvalue weighted by molar-refractivity contribution is 6.35. The van der Waals surface area contributed by atoms with Crippen molar-refractivity contribution >= 4 is 39.4 Å². The van der Waals surface area contributed by atoms with E-state index in [1.807, 2.05) is 30.5 Å². The van der Waals surface area contributed by atoms with Crippen LogP contribution in [0.1, 0.15) is 10.4 Å². The molecular weight excluding hydrogens is 312 g/mol. The number of fused-ring (bicyclic) bond motifs is 2. The van der Waals surface area contributed by atoms with Crippen molar-refractivity contribution in [1.29, 1.82) is 0 Å². The van der Waals surface area contributed by atoms with Crippen LogP contribution in [-0.2, 0) is 0 Å². The van der Waals surface area contributed by atoms with Crippen LogP contribution in [0.2, 0.25) is 5.02 Å². The number of aromatic amines is 1. The van der Waals surface area contributed by atoms with Crippen molar-refractivity contribution in [2.24, 2.45) is 0 Å². The number of carbonyl (C=O) groups is 1. The Morgan fingerprint density at radius 1 is 1.09 bits per heavy atom. The molecule has 4 nitrogen and oxygen atoms in total. The van der Waals surface area contributed by atoms with Gasteiger partial charge in [0.2, 0.25) is 0 Å². The van der Waals surface area contributed by atoms with Gasteiger partial charge in [0.1, 0.15) is 0 Å². The van der Waals surface area contributed by atoms with E-state index in [0.717, 1.165) is 16.5 Å². The summed E-state index contributed by atoms with van der Waals surface area (Å²) in [6, 6.07) is 14.6. The maximum atomic E-state index is 11.6. The van der Waals surface area contributed by atoms with E-state index in [2.05, 4.69) is 9.97 Å². The molecule has 0 spiro atoms. The highest BCUT2D eigenvalue weighted by atomic mass is 35.5. The number of H-pyrrole nitrogens is 1. The van der Waals surface area contributed by atoms with Crippen LogP contribution in [-0.4, -0.2) is 21.0 Å². The van der Waals surface area contributed by atoms with Gasteiger partial charge in [-0.3, -0.25) is 0 Å². The van der Waals surface area contributed by atoms with Crippen molar-refractivity contribution in [3.63, 3.8) is 0 Å². The highest BCUT2D eigenvalue weighted by Crippen LogP contribution is 2.32. The first kappa shape index (κ1) is 13.8. The van der Waals surface area contributed by atoms with Gasteiger partial charge in [-0.25, -0.2) is 9.78 Å². The quantitative estimate of drug-likeness (QED) is 0.560. The van der Waals surface area contributed by atoms with E-state index in [1.54, 1.807) is 24.3 Å². The van der Waals surface area contributed by atoms with Crippen LogP contribution < -0.4 is 0 Å². The van der Waals surface area contributed by atoms with Gasteiger partial charge < -0.3 is 10.1 Å². The molecule has 2 aromatic heterocycles. The van der Waals surface area contributed by atoms with Crippen molar-refractivity contribution < 1.29 is 9.90 Å². The second-order valence-corrected chi connectivity index (χ2v) is 5.65. The second-order valence-electron chi connectivity index (χ2n) is 5.24. The summed E-state index contributed by atoms with van der Waals surface area (Å²) in [4.78, 5) is 19.4. The lowest BCUT2D eigenvalue weighted by Crippen LogP contribution is -2.00. The van der Waals surface area contributed by atoms with Crippen LogP contribution in [0.15, 0.2) is 54.7 Å². The van der Waals surface area contributed by atoms with Gasteiger partial charge in [-0.05, 0) is 18.2 Å². The lowest BCUT2D eigenvalue weighted by Gasteiger charge is -2.07. The number of hydrogen-bond donors (Lipinski definition) is 2. The molecule has 2 heterocycles. The first-order chi connectivity index (χ1) is 11.1. The van der Waals surface area contributed by atoms with E-state index in [0.29, 0.717) is 21.6 Å². The molecule has 0 aliphatic heterocycles. The summed E-state index contributed by atoms with van der Waals surface area (Å²) in [6.45, 7) is 0. The average molecular weight is 323 g/mol. The summed E-state index contributed by atoms with van der Waals surface area (Å²) in [6.07, 6.45) is 1.83. The van der Waals surface area contributed by atoms with Crippen molar-refractivity contribution in [2.75, 3.05) is 0 Å². The molecule has 0 amide bonds. The first-order valence-electron chi connectivity index (χ1n) is 7.04. The Morgan fingerprint density at radius 3 is 2.70 bits per heavy atom. The summed E-state index contributed by atoms with van der Waals surface area (Å²) in [5, 5.41) is 11.5. The van der Waals surface area contributed by atoms with Gasteiger partial charge in [-0.15, -0.1) is 0 Å². The predicted molar refractivity (Wildman–Crippen MR) is 91.0 cm³/mol. The van der Waals surface area contributed by atoms with Crippen molar-refractivity contribution in [3.8, 4) is 11.3 Å². The summed E-state index contributed by atoms with van der Waals surface area (Å²) in [7, 11) is 0. The van der Waals surface area contributed by atoms with Crippen molar-refractivity contribution in [2.45, 2.75) is 0 Å². The third kappa shape index (κ3) is 2.15. The third-order valence-corrected chi connectivity index (χ3v) is 4.19. The SMILES string of the molecule is O=C(O)c1cc(-c2c[nH]c3ccccc23)nc2c(Cl)cccc12. The van der Waals surface area contributed by atoms with Gasteiger partial charge in [0, 0.05) is 28.0 Å². The molecule has 4 rings (SSSR count). The van der Waals surface area contributed by atoms with Gasteiger partial charge in [0.15, 0.2) is 0 Å². The predicted octanol–water partition coefficient (Wildman–Crippen LogP) is 4.73. The standard InChI is InChI=1S/C18H11ClN2O2/c19-14-6-3-5-11-12(18(22)23)8-16(21-17(11)14)13-9-20-15-7-2-1-4-10(13)15/h1-9,20H,(H,22,23). The van der Waals surface area contributed by atoms with Gasteiger partial charge >= 0.3 is 5.97 Å². The zero-order chi connectivity index (χ0) is 16.0. The fourth-order valence-electron chi connectivity index (χ4n) is 2.81. The maximum Gasteiger partial charge on any atom is 0.336 e. The smallest absolute Gasteiger partial charge is 0.336 e. The zero-order valence-electron chi connectivity index (χ0n) is 11.9. The van der Waals surface area contributed by atoms with E-state index in [-0.39, 0.29) is 5.56 Å². The number of nitrogens with zero attached hydrogens (tertiary/aromatic N) is 1. The van der Waals surface area contributed by atoms with Gasteiger partial charge in [-0.2, -0.15) is 0 Å². The lowest BCUT2D eigenvalue weighted by molar-refractivity contribution is 0.0699. The van der Waals surface area contributed by atoms with E-state index in [1.165, 1.54) is 0 Å². The maximum absolute atomic E-state index is 11.6. The number of rotatable bonds is 2. The Morgan fingerprint density at radius 2 is 1.87 bits per heavy atom. The average Bonchev–Trinajstić information content (AvgIpc) is 2.98. The largest absolute Gasteiger partial charge is 0.478 e. The number of aromatic nitrogens is 2. The molecule has 0 fully saturated rings. The Bertz CT molecular complexity index is 1070. The molecule has 0 saturated heterocycles. The van der Waals surface area contributed by atoms with Gasteiger partial charge in [0.25, 0.3) is 0 Å². The molecule has 0 aliphatic rings. The molecular formula is C18H11ClN2O2. The molecule has 5 heteroatoms. The Balaban J connectivity index is 2.08. The molecule has 23 heavy (non-hydrogen) atoms. The molecule has 0 atom stereocenters. The number of pyridine rings is 1. The fraction of sp³-hybridized carbons (Fsp3) is 0. The number of aromatic carboxylic acids is 1. The minimum absolute atomic E-state index is 0.192. The van der Waals surface area contributed by atoms with Crippen LogP contribution in [0.5, 0.6) is 0 Å². The van der Waals surface area contributed by atoms with E-state index < -0.39 is 5.97 Å². The normalized spacial score (nSPS) is 11.2. The minimum Gasteiger partial charge on any atom is -0.478 e. The van der Waals surface area contributed by atoms with Gasteiger partial charge in [-0.1, -0.05) is 41.9 Å². The number of carboxylic acid groups (broad SMARTS) is 1. The van der Waals surface area contributed by atoms with E-state index in [4.69, 9.17) is 11.6 Å². The molecule has 0 aliphatic carbocycles. The van der Waals surface area contributed by atoms with Crippen molar-refractivity contribution in [3.05, 3.63) is 65.3 Å². The molecule has 2 N–H and O–H groups in total. The minimum atomic E-state index is -0.999. The Kier molecular flexibility index (Phi) is 3.06. The van der Waals surface area contributed by atoms with Crippen LogP contribution >= 0.6 is 11.6 Å². The van der Waals surface area contributed by atoms with Crippen molar-refractivity contribution in [1.82, 2.24) is 9.97 Å². The summed E-state index contributed by atoms with van der Waals surface area (Å²) >= 11 is 6.22. The topological polar surface area (TPSA) is 66.0 Å². The molecule has 0 bridgehead atoms. The van der Waals surface area contributed by atoms with Crippen LogP contribution in [0.25, 0.3) is 33.1 Å². The molecule has 4 aromatic rings. The van der Waals surface area contributed by atoms with E-state index in [9.17, 15) is 9.90 Å². The Hall–Kier alpha value is -2.85. The molecule has 0 unspecified atom stereocenters. The molecule has 2 aromatic carbocycles. The highest BCUT2D eigenvalue weighted by Gasteiger charge is 2.16. The number of nitrogens with one attached hydrogen (secondary N) is 1. The summed E-state index contributed by atoms with van der Waals surface area (Å²) in [5.74, 6) is -0.999. The summed E-state index contributed by atoms with van der Waals surface area (Å²) in [5.41, 5.74) is 3.10. The summed E-state index contributed by atoms with van der Waals surface area (Å²) < 4.78 is 0. The first-order valence-corrected chi connectivity index (χ1v) is 7.42. The number of para-hydroxylation sites is 2. The van der Waals surface area contributed by atoms with Gasteiger partial charge in [0.05, 0.1) is 21.8 Å². The second kappa shape index (κ2) is 5.11. The number of halogens is 1. The lowest BCUT2D eigenvalue weighted by atomic mass is 10.0. The Labute approximate surface area is 136 Å². The van der Waals surface area contributed by atoms with Crippen LogP contribution in [0.3, 0.4) is 0 Å². The third-order valence-electron chi connectivity index (χ3n) is 3.89. The zero-order valence-corrected chi connectivity index (χ0v) is 12.6. The van der Waals surface area contributed by atoms with Crippen LogP contribution in [0, 0.1) is 0 Å². The van der Waals surface area contributed by atoms with E-state index >= 15 is 0 Å².